The Hall–Kier alpha value is 0.0274. The first-order valence-electron chi connectivity index (χ1n) is 2.77. The van der Waals surface area contributed by atoms with Crippen LogP contribution in [0, 0.1) is 0 Å². The molecule has 1 heterocycles. The number of hydrogen-bond donors (Lipinski definition) is 2. The molecule has 4 heteroatoms. The number of aliphatic carboxylic acids is 1. The van der Waals surface area contributed by atoms with Gasteiger partial charge in [-0.2, -0.15) is 0 Å². The van der Waals surface area contributed by atoms with Gasteiger partial charge in [-0.1, -0.05) is 0 Å². The minimum absolute atomic E-state index is 0. The van der Waals surface area contributed by atoms with E-state index in [4.69, 9.17) is 5.11 Å². The zero-order chi connectivity index (χ0) is 5.98. The van der Waals surface area contributed by atoms with E-state index in [9.17, 15) is 4.79 Å². The van der Waals surface area contributed by atoms with Gasteiger partial charge in [-0.15, -0.1) is 0 Å². The summed E-state index contributed by atoms with van der Waals surface area (Å²) in [5.41, 5.74) is 0. The summed E-state index contributed by atoms with van der Waals surface area (Å²) in [5.74, 6) is -0.720. The SMILES string of the molecule is O=C(O)[C@@H]1CCCN1.[LiH]. The van der Waals surface area contributed by atoms with Gasteiger partial charge < -0.3 is 10.4 Å². The number of hydrogen-bond acceptors (Lipinski definition) is 2. The van der Waals surface area contributed by atoms with E-state index in [-0.39, 0.29) is 24.9 Å². The van der Waals surface area contributed by atoms with E-state index in [1.807, 2.05) is 0 Å². The topological polar surface area (TPSA) is 49.3 Å². The van der Waals surface area contributed by atoms with Gasteiger partial charge in [-0.05, 0) is 19.4 Å². The Kier molecular flexibility index (Phi) is 3.95. The van der Waals surface area contributed by atoms with Crippen LogP contribution in [0.5, 0.6) is 0 Å². The summed E-state index contributed by atoms with van der Waals surface area (Å²) in [6.45, 7) is 0.858. The van der Waals surface area contributed by atoms with Gasteiger partial charge in [0.25, 0.3) is 0 Å². The molecule has 1 saturated heterocycles. The molecule has 0 unspecified atom stereocenters. The predicted molar refractivity (Wildman–Crippen MR) is 35.8 cm³/mol. The molecule has 1 rings (SSSR count). The molecule has 1 aliphatic heterocycles. The van der Waals surface area contributed by atoms with E-state index >= 15 is 0 Å². The summed E-state index contributed by atoms with van der Waals surface area (Å²) in [6, 6.07) is -0.269. The molecule has 0 aliphatic carbocycles. The third-order valence-corrected chi connectivity index (χ3v) is 1.36. The van der Waals surface area contributed by atoms with Crippen LogP contribution in [0.25, 0.3) is 0 Å². The Bertz CT molecular complexity index is 101. The van der Waals surface area contributed by atoms with Gasteiger partial charge >= 0.3 is 24.8 Å². The summed E-state index contributed by atoms with van der Waals surface area (Å²) in [5, 5.41) is 11.2. The van der Waals surface area contributed by atoms with Crippen molar-refractivity contribution in [3.63, 3.8) is 0 Å². The molecule has 0 aromatic rings. The predicted octanol–water partition coefficient (Wildman–Crippen LogP) is -0.826. The van der Waals surface area contributed by atoms with E-state index in [1.54, 1.807) is 0 Å². The van der Waals surface area contributed by atoms with Crippen LogP contribution < -0.4 is 5.32 Å². The fourth-order valence-corrected chi connectivity index (χ4v) is 0.895. The number of nitrogens with one attached hydrogen (secondary N) is 1. The number of carboxylic acids is 1. The molecule has 1 atom stereocenters. The average molecular weight is 123 g/mol. The Labute approximate surface area is 66.0 Å². The molecular weight excluding hydrogens is 113 g/mol. The van der Waals surface area contributed by atoms with Crippen LogP contribution in [-0.2, 0) is 4.79 Å². The molecule has 1 aliphatic rings. The quantitative estimate of drug-likeness (QED) is 0.447. The fourth-order valence-electron chi connectivity index (χ4n) is 0.895. The van der Waals surface area contributed by atoms with Crippen molar-refractivity contribution in [2.45, 2.75) is 18.9 Å². The summed E-state index contributed by atoms with van der Waals surface area (Å²) >= 11 is 0. The van der Waals surface area contributed by atoms with Gasteiger partial charge in [-0.3, -0.25) is 4.79 Å². The van der Waals surface area contributed by atoms with E-state index < -0.39 is 5.97 Å². The third kappa shape index (κ3) is 2.40. The summed E-state index contributed by atoms with van der Waals surface area (Å²) in [4.78, 5) is 10.1. The van der Waals surface area contributed by atoms with Crippen molar-refractivity contribution in [3.8, 4) is 0 Å². The van der Waals surface area contributed by atoms with Gasteiger partial charge in [0.1, 0.15) is 6.04 Å². The average Bonchev–Trinajstić information content (AvgIpc) is 2.12. The van der Waals surface area contributed by atoms with E-state index in [1.165, 1.54) is 0 Å². The second kappa shape index (κ2) is 3.94. The molecule has 0 aromatic carbocycles. The number of carbonyl (C=O) groups is 1. The maximum atomic E-state index is 10.1. The van der Waals surface area contributed by atoms with Crippen LogP contribution in [0.15, 0.2) is 0 Å². The summed E-state index contributed by atoms with van der Waals surface area (Å²) in [7, 11) is 0. The molecule has 0 amide bonds. The molecule has 0 bridgehead atoms. The Morgan fingerprint density at radius 2 is 2.33 bits per heavy atom. The van der Waals surface area contributed by atoms with Crippen molar-refractivity contribution >= 4 is 24.8 Å². The van der Waals surface area contributed by atoms with Crippen LogP contribution in [0.1, 0.15) is 12.8 Å². The first-order valence-corrected chi connectivity index (χ1v) is 2.77. The van der Waals surface area contributed by atoms with E-state index in [0.717, 1.165) is 19.4 Å². The molecular formula is C5H10LiNO2. The molecule has 2 N–H and O–H groups in total. The molecule has 48 valence electrons. The molecule has 0 aromatic heterocycles. The first kappa shape index (κ1) is 9.03. The third-order valence-electron chi connectivity index (χ3n) is 1.36. The Morgan fingerprint density at radius 1 is 1.67 bits per heavy atom. The Balaban J connectivity index is 0.000000640. The minimum atomic E-state index is -0.720. The molecule has 0 spiro atoms. The standard InChI is InChI=1S/C5H9NO2.Li.H/c7-5(8)4-2-1-3-6-4;;/h4,6H,1-3H2,(H,7,8);;/t4-;;/m0../s1. The zero-order valence-corrected chi connectivity index (χ0v) is 4.55. The van der Waals surface area contributed by atoms with Crippen molar-refractivity contribution in [2.75, 3.05) is 6.54 Å². The van der Waals surface area contributed by atoms with Crippen molar-refractivity contribution in [3.05, 3.63) is 0 Å². The number of carboxylic acid groups (broad SMARTS) is 1. The normalized spacial score (nSPS) is 25.1. The molecule has 9 heavy (non-hydrogen) atoms. The van der Waals surface area contributed by atoms with Gasteiger partial charge in [0, 0.05) is 0 Å². The first-order chi connectivity index (χ1) is 3.80. The summed E-state index contributed by atoms with van der Waals surface area (Å²) < 4.78 is 0. The van der Waals surface area contributed by atoms with Gasteiger partial charge in [-0.25, -0.2) is 0 Å². The molecule has 3 nitrogen and oxygen atoms in total. The molecule has 1 fully saturated rings. The van der Waals surface area contributed by atoms with Crippen molar-refractivity contribution in [1.29, 1.82) is 0 Å². The van der Waals surface area contributed by atoms with Crippen LogP contribution >= 0.6 is 0 Å². The maximum absolute atomic E-state index is 10.1. The van der Waals surface area contributed by atoms with Crippen LogP contribution in [0.3, 0.4) is 0 Å². The van der Waals surface area contributed by atoms with Crippen LogP contribution in [0.4, 0.5) is 0 Å². The monoisotopic (exact) mass is 123 g/mol. The van der Waals surface area contributed by atoms with Crippen LogP contribution in [0.2, 0.25) is 0 Å². The van der Waals surface area contributed by atoms with Crippen molar-refractivity contribution in [1.82, 2.24) is 5.32 Å². The van der Waals surface area contributed by atoms with Crippen molar-refractivity contribution in [2.24, 2.45) is 0 Å². The molecule has 0 saturated carbocycles. The second-order valence-electron chi connectivity index (χ2n) is 1.99. The summed E-state index contributed by atoms with van der Waals surface area (Å²) in [6.07, 6.45) is 1.78. The fraction of sp³-hybridized carbons (Fsp3) is 0.800. The number of rotatable bonds is 1. The van der Waals surface area contributed by atoms with E-state index in [2.05, 4.69) is 5.32 Å². The second-order valence-corrected chi connectivity index (χ2v) is 1.99. The Morgan fingerprint density at radius 3 is 2.56 bits per heavy atom. The van der Waals surface area contributed by atoms with E-state index in [0.29, 0.717) is 0 Å². The molecule has 0 radical (unpaired) electrons. The van der Waals surface area contributed by atoms with Crippen LogP contribution in [-0.4, -0.2) is 42.5 Å². The van der Waals surface area contributed by atoms with Gasteiger partial charge in [0.2, 0.25) is 0 Å². The van der Waals surface area contributed by atoms with Crippen molar-refractivity contribution < 1.29 is 9.90 Å². The zero-order valence-electron chi connectivity index (χ0n) is 4.55. The van der Waals surface area contributed by atoms with Gasteiger partial charge in [0.05, 0.1) is 0 Å². The van der Waals surface area contributed by atoms with Gasteiger partial charge in [0.15, 0.2) is 0 Å².